The summed E-state index contributed by atoms with van der Waals surface area (Å²) in [6.07, 6.45) is 5.03. The van der Waals surface area contributed by atoms with Crippen molar-refractivity contribution in [1.82, 2.24) is 9.38 Å². The third-order valence-corrected chi connectivity index (χ3v) is 5.49. The first-order chi connectivity index (χ1) is 15.0. The first kappa shape index (κ1) is 20.6. The molecule has 4 rings (SSSR count). The van der Waals surface area contributed by atoms with E-state index in [0.29, 0.717) is 22.1 Å². The van der Waals surface area contributed by atoms with Crippen LogP contribution >= 0.6 is 11.3 Å². The van der Waals surface area contributed by atoms with Crippen molar-refractivity contribution in [2.45, 2.75) is 20.5 Å². The Morgan fingerprint density at radius 1 is 1.16 bits per heavy atom. The number of carbonyl (C=O) groups is 1. The molecule has 0 aliphatic rings. The summed E-state index contributed by atoms with van der Waals surface area (Å²) in [5, 5.41) is 2.84. The minimum atomic E-state index is -0.230. The maximum absolute atomic E-state index is 12.3. The molecule has 0 saturated carbocycles. The lowest BCUT2D eigenvalue weighted by molar-refractivity contribution is -0.111. The van der Waals surface area contributed by atoms with E-state index in [1.807, 2.05) is 56.3 Å². The van der Waals surface area contributed by atoms with Crippen molar-refractivity contribution in [3.8, 4) is 5.75 Å². The Labute approximate surface area is 183 Å². The molecule has 0 unspecified atom stereocenters. The number of carbonyl (C=O) groups excluding carboxylic acids is 1. The molecule has 0 fully saturated rings. The van der Waals surface area contributed by atoms with Gasteiger partial charge >= 0.3 is 0 Å². The van der Waals surface area contributed by atoms with Crippen LogP contribution in [0, 0.1) is 13.8 Å². The van der Waals surface area contributed by atoms with Gasteiger partial charge < -0.3 is 10.1 Å². The predicted octanol–water partition coefficient (Wildman–Crippen LogP) is 4.60. The summed E-state index contributed by atoms with van der Waals surface area (Å²) in [5.74, 6) is 0.390. The zero-order valence-corrected chi connectivity index (χ0v) is 18.0. The van der Waals surface area contributed by atoms with Gasteiger partial charge in [0, 0.05) is 35.0 Å². The zero-order valence-electron chi connectivity index (χ0n) is 17.2. The van der Waals surface area contributed by atoms with Gasteiger partial charge in [-0.1, -0.05) is 36.4 Å². The van der Waals surface area contributed by atoms with E-state index >= 15 is 0 Å². The molecule has 1 N–H and O–H groups in total. The van der Waals surface area contributed by atoms with Crippen molar-refractivity contribution in [1.29, 1.82) is 0 Å². The topological polar surface area (TPSA) is 72.7 Å². The summed E-state index contributed by atoms with van der Waals surface area (Å²) >= 11 is 1.46. The van der Waals surface area contributed by atoms with E-state index in [2.05, 4.69) is 10.3 Å². The summed E-state index contributed by atoms with van der Waals surface area (Å²) in [4.78, 5) is 30.7. The highest BCUT2D eigenvalue weighted by atomic mass is 32.1. The number of anilines is 1. The first-order valence-corrected chi connectivity index (χ1v) is 10.6. The van der Waals surface area contributed by atoms with E-state index in [9.17, 15) is 9.59 Å². The minimum absolute atomic E-state index is 0.129. The number of nitrogens with one attached hydrogen (secondary N) is 1. The molecule has 4 aromatic rings. The molecule has 2 aromatic heterocycles. The Kier molecular flexibility index (Phi) is 5.95. The molecular formula is C24H21N3O3S. The van der Waals surface area contributed by atoms with Crippen LogP contribution in [0.5, 0.6) is 5.75 Å². The number of aryl methyl sites for hydroxylation is 2. The molecule has 2 heterocycles. The maximum atomic E-state index is 12.3. The van der Waals surface area contributed by atoms with E-state index in [0.717, 1.165) is 16.0 Å². The number of benzene rings is 2. The smallest absolute Gasteiger partial charge is 0.258 e. The Hall–Kier alpha value is -3.71. The number of nitrogens with zero attached hydrogens (tertiary/aromatic N) is 2. The summed E-state index contributed by atoms with van der Waals surface area (Å²) < 4.78 is 7.45. The van der Waals surface area contributed by atoms with Crippen LogP contribution in [-0.2, 0) is 11.4 Å². The van der Waals surface area contributed by atoms with Crippen molar-refractivity contribution in [2.24, 2.45) is 0 Å². The highest BCUT2D eigenvalue weighted by Gasteiger charge is 2.08. The highest BCUT2D eigenvalue weighted by molar-refractivity contribution is 7.16. The van der Waals surface area contributed by atoms with Gasteiger partial charge in [0.25, 0.3) is 5.56 Å². The van der Waals surface area contributed by atoms with E-state index in [4.69, 9.17) is 4.74 Å². The second kappa shape index (κ2) is 8.97. The molecular weight excluding hydrogens is 410 g/mol. The Balaban J connectivity index is 1.45. The van der Waals surface area contributed by atoms with Gasteiger partial charge in [0.05, 0.1) is 5.69 Å². The number of thiazole rings is 1. The molecule has 31 heavy (non-hydrogen) atoms. The van der Waals surface area contributed by atoms with E-state index in [1.54, 1.807) is 18.3 Å². The molecule has 2 aromatic carbocycles. The Bertz CT molecular complexity index is 1320. The standard InChI is InChI=1S/C24H21N3O3S/c1-16-8-10-19(25-22(28)11-9-18-6-4-3-5-7-18)12-21(16)30-15-20-13-23(29)27-14-17(2)31-24(27)26-20/h3-14H,15H2,1-2H3,(H,25,28)/b11-9+. The van der Waals surface area contributed by atoms with Gasteiger partial charge in [0.2, 0.25) is 5.91 Å². The van der Waals surface area contributed by atoms with Gasteiger partial charge in [-0.05, 0) is 37.1 Å². The molecule has 0 saturated heterocycles. The number of hydrogen-bond donors (Lipinski definition) is 1. The van der Waals surface area contributed by atoms with Crippen molar-refractivity contribution in [3.63, 3.8) is 0 Å². The number of aromatic nitrogens is 2. The lowest BCUT2D eigenvalue weighted by Gasteiger charge is -2.11. The number of ether oxygens (including phenoxy) is 1. The van der Waals surface area contributed by atoms with Crippen LogP contribution in [-0.4, -0.2) is 15.3 Å². The van der Waals surface area contributed by atoms with Crippen LogP contribution in [0.3, 0.4) is 0 Å². The van der Waals surface area contributed by atoms with Crippen molar-refractivity contribution >= 4 is 34.0 Å². The van der Waals surface area contributed by atoms with Crippen molar-refractivity contribution in [3.05, 3.63) is 98.9 Å². The van der Waals surface area contributed by atoms with E-state index in [-0.39, 0.29) is 18.1 Å². The average molecular weight is 432 g/mol. The van der Waals surface area contributed by atoms with Gasteiger partial charge in [0.1, 0.15) is 12.4 Å². The fourth-order valence-corrected chi connectivity index (χ4v) is 3.89. The van der Waals surface area contributed by atoms with Crippen LogP contribution in [0.1, 0.15) is 21.7 Å². The largest absolute Gasteiger partial charge is 0.487 e. The van der Waals surface area contributed by atoms with E-state index < -0.39 is 0 Å². The van der Waals surface area contributed by atoms with Gasteiger partial charge in [0.15, 0.2) is 4.96 Å². The van der Waals surface area contributed by atoms with Crippen LogP contribution in [0.4, 0.5) is 5.69 Å². The normalized spacial score (nSPS) is 11.2. The summed E-state index contributed by atoms with van der Waals surface area (Å²) in [5.41, 5.74) is 2.93. The van der Waals surface area contributed by atoms with Crippen molar-refractivity contribution < 1.29 is 9.53 Å². The van der Waals surface area contributed by atoms with Crippen molar-refractivity contribution in [2.75, 3.05) is 5.32 Å². The molecule has 0 atom stereocenters. The van der Waals surface area contributed by atoms with E-state index in [1.165, 1.54) is 27.9 Å². The average Bonchev–Trinajstić information content (AvgIpc) is 3.14. The lowest BCUT2D eigenvalue weighted by atomic mass is 10.2. The summed E-state index contributed by atoms with van der Waals surface area (Å²) in [6, 6.07) is 16.6. The predicted molar refractivity (Wildman–Crippen MR) is 124 cm³/mol. The zero-order chi connectivity index (χ0) is 21.8. The van der Waals surface area contributed by atoms with Gasteiger partial charge in [-0.25, -0.2) is 4.98 Å². The Morgan fingerprint density at radius 2 is 1.97 bits per heavy atom. The molecule has 156 valence electrons. The molecule has 0 spiro atoms. The second-order valence-corrected chi connectivity index (χ2v) is 8.30. The molecule has 0 aliphatic carbocycles. The molecule has 0 aliphatic heterocycles. The summed E-state index contributed by atoms with van der Waals surface area (Å²) in [7, 11) is 0. The minimum Gasteiger partial charge on any atom is -0.487 e. The quantitative estimate of drug-likeness (QED) is 0.453. The first-order valence-electron chi connectivity index (χ1n) is 9.74. The number of hydrogen-bond acceptors (Lipinski definition) is 5. The second-order valence-electron chi connectivity index (χ2n) is 7.08. The molecule has 0 radical (unpaired) electrons. The third kappa shape index (κ3) is 5.07. The number of fused-ring (bicyclic) bond motifs is 1. The fourth-order valence-electron chi connectivity index (χ4n) is 3.04. The lowest BCUT2D eigenvalue weighted by Crippen LogP contribution is -2.14. The monoisotopic (exact) mass is 431 g/mol. The van der Waals surface area contributed by atoms with Crippen LogP contribution in [0.2, 0.25) is 0 Å². The SMILES string of the molecule is Cc1cn2c(=O)cc(COc3cc(NC(=O)/C=C/c4ccccc4)ccc3C)nc2s1. The molecule has 7 heteroatoms. The maximum Gasteiger partial charge on any atom is 0.258 e. The van der Waals surface area contributed by atoms with Crippen LogP contribution < -0.4 is 15.6 Å². The highest BCUT2D eigenvalue weighted by Crippen LogP contribution is 2.24. The summed E-state index contributed by atoms with van der Waals surface area (Å²) in [6.45, 7) is 4.02. The van der Waals surface area contributed by atoms with Crippen LogP contribution in [0.15, 0.2) is 71.7 Å². The van der Waals surface area contributed by atoms with Gasteiger partial charge in [-0.2, -0.15) is 0 Å². The van der Waals surface area contributed by atoms with Gasteiger partial charge in [-0.15, -0.1) is 11.3 Å². The number of rotatable bonds is 6. The van der Waals surface area contributed by atoms with Gasteiger partial charge in [-0.3, -0.25) is 14.0 Å². The third-order valence-electron chi connectivity index (χ3n) is 4.59. The fraction of sp³-hybridized carbons (Fsp3) is 0.125. The Morgan fingerprint density at radius 3 is 2.77 bits per heavy atom. The molecule has 6 nitrogen and oxygen atoms in total. The molecule has 1 amide bonds. The molecule has 0 bridgehead atoms. The number of amides is 1. The van der Waals surface area contributed by atoms with Crippen LogP contribution in [0.25, 0.3) is 11.0 Å².